The molecular formula is C16H17FN2O2. The average Bonchev–Trinajstić information content (AvgIpc) is 2.99. The van der Waals surface area contributed by atoms with E-state index >= 15 is 0 Å². The second-order valence-electron chi connectivity index (χ2n) is 5.02. The van der Waals surface area contributed by atoms with Crippen LogP contribution in [0.15, 0.2) is 23.8 Å². The summed E-state index contributed by atoms with van der Waals surface area (Å²) in [5.74, 6) is -0.747. The molecule has 0 radical (unpaired) electrons. The Hall–Kier alpha value is -2.19. The number of halogens is 1. The van der Waals surface area contributed by atoms with Gasteiger partial charge in [0.15, 0.2) is 0 Å². The van der Waals surface area contributed by atoms with Crippen molar-refractivity contribution in [2.45, 2.75) is 25.9 Å². The standard InChI is InChI=1S/C16H17FN2O2/c1-11-7-12(4-5-15(11)17)8-13(9-18)16(20)19-10-14-3-2-6-21-14/h4-5,7-8,14H,2-3,6,10H2,1H3,(H,19,20)/b13-8+/t14-/m0/s1. The highest BCUT2D eigenvalue weighted by atomic mass is 19.1. The second-order valence-corrected chi connectivity index (χ2v) is 5.02. The molecule has 110 valence electrons. The molecule has 1 aromatic carbocycles. The number of nitrogens with zero attached hydrogens (tertiary/aromatic N) is 1. The molecular weight excluding hydrogens is 271 g/mol. The second kappa shape index (κ2) is 7.00. The first-order valence-corrected chi connectivity index (χ1v) is 6.88. The van der Waals surface area contributed by atoms with Gasteiger partial charge in [-0.2, -0.15) is 5.26 Å². The Morgan fingerprint density at radius 3 is 3.05 bits per heavy atom. The molecule has 0 aromatic heterocycles. The third-order valence-corrected chi connectivity index (χ3v) is 3.37. The number of nitriles is 1. The lowest BCUT2D eigenvalue weighted by atomic mass is 10.1. The van der Waals surface area contributed by atoms with Crippen LogP contribution in [0, 0.1) is 24.1 Å². The molecule has 1 aliphatic heterocycles. The van der Waals surface area contributed by atoms with E-state index in [4.69, 9.17) is 10.00 Å². The molecule has 1 amide bonds. The van der Waals surface area contributed by atoms with Crippen LogP contribution >= 0.6 is 0 Å². The van der Waals surface area contributed by atoms with E-state index in [1.807, 2.05) is 6.07 Å². The molecule has 0 unspecified atom stereocenters. The van der Waals surface area contributed by atoms with E-state index in [-0.39, 0.29) is 17.5 Å². The largest absolute Gasteiger partial charge is 0.376 e. The molecule has 1 atom stereocenters. The zero-order valence-electron chi connectivity index (χ0n) is 11.9. The van der Waals surface area contributed by atoms with E-state index in [2.05, 4.69) is 5.32 Å². The van der Waals surface area contributed by atoms with Crippen molar-refractivity contribution < 1.29 is 13.9 Å². The van der Waals surface area contributed by atoms with Crippen molar-refractivity contribution in [3.8, 4) is 6.07 Å². The van der Waals surface area contributed by atoms with Crippen LogP contribution in [0.3, 0.4) is 0 Å². The maximum Gasteiger partial charge on any atom is 0.262 e. The monoisotopic (exact) mass is 288 g/mol. The number of hydrogen-bond donors (Lipinski definition) is 1. The number of amides is 1. The molecule has 5 heteroatoms. The number of rotatable bonds is 4. The van der Waals surface area contributed by atoms with E-state index in [0.29, 0.717) is 17.7 Å². The van der Waals surface area contributed by atoms with Gasteiger partial charge in [-0.05, 0) is 49.1 Å². The Morgan fingerprint density at radius 2 is 2.43 bits per heavy atom. The van der Waals surface area contributed by atoms with Crippen LogP contribution in [-0.2, 0) is 9.53 Å². The predicted molar refractivity (Wildman–Crippen MR) is 76.7 cm³/mol. The van der Waals surface area contributed by atoms with Gasteiger partial charge in [-0.15, -0.1) is 0 Å². The minimum atomic E-state index is -0.435. The lowest BCUT2D eigenvalue weighted by molar-refractivity contribution is -0.117. The fourth-order valence-corrected chi connectivity index (χ4v) is 2.18. The summed E-state index contributed by atoms with van der Waals surface area (Å²) in [6, 6.07) is 6.33. The Balaban J connectivity index is 2.03. The molecule has 1 heterocycles. The minimum Gasteiger partial charge on any atom is -0.376 e. The summed E-state index contributed by atoms with van der Waals surface area (Å²) in [4.78, 5) is 12.0. The van der Waals surface area contributed by atoms with Crippen molar-refractivity contribution in [1.29, 1.82) is 5.26 Å². The van der Waals surface area contributed by atoms with Crippen molar-refractivity contribution in [3.63, 3.8) is 0 Å². The molecule has 0 saturated carbocycles. The number of carbonyl (C=O) groups is 1. The maximum absolute atomic E-state index is 13.2. The lowest BCUT2D eigenvalue weighted by Gasteiger charge is -2.10. The van der Waals surface area contributed by atoms with Gasteiger partial charge < -0.3 is 10.1 Å². The molecule has 21 heavy (non-hydrogen) atoms. The molecule has 1 aliphatic rings. The van der Waals surface area contributed by atoms with Crippen molar-refractivity contribution in [1.82, 2.24) is 5.32 Å². The van der Waals surface area contributed by atoms with Crippen LogP contribution < -0.4 is 5.32 Å². The Morgan fingerprint density at radius 1 is 1.62 bits per heavy atom. The first-order chi connectivity index (χ1) is 10.1. The molecule has 0 spiro atoms. The molecule has 0 bridgehead atoms. The average molecular weight is 288 g/mol. The summed E-state index contributed by atoms with van der Waals surface area (Å²) >= 11 is 0. The summed E-state index contributed by atoms with van der Waals surface area (Å²) in [5.41, 5.74) is 1.09. The summed E-state index contributed by atoms with van der Waals surface area (Å²) in [6.45, 7) is 2.76. The van der Waals surface area contributed by atoms with Crippen LogP contribution in [0.4, 0.5) is 4.39 Å². The number of nitrogens with one attached hydrogen (secondary N) is 1. The summed E-state index contributed by atoms with van der Waals surface area (Å²) in [6.07, 6.45) is 3.40. The molecule has 1 fully saturated rings. The zero-order chi connectivity index (χ0) is 15.2. The van der Waals surface area contributed by atoms with Gasteiger partial charge in [-0.3, -0.25) is 4.79 Å². The third kappa shape index (κ3) is 4.14. The molecule has 1 aromatic rings. The summed E-state index contributed by atoms with van der Waals surface area (Å²) in [7, 11) is 0. The van der Waals surface area contributed by atoms with E-state index in [9.17, 15) is 9.18 Å². The van der Waals surface area contributed by atoms with Gasteiger partial charge in [0.2, 0.25) is 0 Å². The first kappa shape index (κ1) is 15.2. The number of carbonyl (C=O) groups excluding carboxylic acids is 1. The summed E-state index contributed by atoms with van der Waals surface area (Å²) < 4.78 is 18.6. The molecule has 1 saturated heterocycles. The highest BCUT2D eigenvalue weighted by Crippen LogP contribution is 2.13. The summed E-state index contributed by atoms with van der Waals surface area (Å²) in [5, 5.41) is 11.8. The zero-order valence-corrected chi connectivity index (χ0v) is 11.9. The van der Waals surface area contributed by atoms with Gasteiger partial charge in [0.05, 0.1) is 6.10 Å². The van der Waals surface area contributed by atoms with Crippen LogP contribution in [0.2, 0.25) is 0 Å². The highest BCUT2D eigenvalue weighted by molar-refractivity contribution is 6.01. The topological polar surface area (TPSA) is 62.1 Å². The molecule has 1 N–H and O–H groups in total. The third-order valence-electron chi connectivity index (χ3n) is 3.37. The van der Waals surface area contributed by atoms with E-state index in [0.717, 1.165) is 19.4 Å². The molecule has 0 aliphatic carbocycles. The van der Waals surface area contributed by atoms with E-state index in [1.165, 1.54) is 18.2 Å². The van der Waals surface area contributed by atoms with E-state index in [1.54, 1.807) is 13.0 Å². The normalized spacial score (nSPS) is 18.3. The van der Waals surface area contributed by atoms with Gasteiger partial charge in [0, 0.05) is 13.2 Å². The number of benzene rings is 1. The number of hydrogen-bond acceptors (Lipinski definition) is 3. The first-order valence-electron chi connectivity index (χ1n) is 6.88. The van der Waals surface area contributed by atoms with Crippen molar-refractivity contribution in [2.24, 2.45) is 0 Å². The molecule has 2 rings (SSSR count). The van der Waals surface area contributed by atoms with Crippen molar-refractivity contribution >= 4 is 12.0 Å². The van der Waals surface area contributed by atoms with Gasteiger partial charge in [-0.25, -0.2) is 4.39 Å². The maximum atomic E-state index is 13.2. The smallest absolute Gasteiger partial charge is 0.262 e. The van der Waals surface area contributed by atoms with Crippen LogP contribution in [0.25, 0.3) is 6.08 Å². The van der Waals surface area contributed by atoms with Crippen LogP contribution in [0.5, 0.6) is 0 Å². The highest BCUT2D eigenvalue weighted by Gasteiger charge is 2.17. The van der Waals surface area contributed by atoms with Crippen LogP contribution in [-0.4, -0.2) is 25.2 Å². The predicted octanol–water partition coefficient (Wildman–Crippen LogP) is 2.34. The fraction of sp³-hybridized carbons (Fsp3) is 0.375. The van der Waals surface area contributed by atoms with Crippen molar-refractivity contribution in [3.05, 3.63) is 40.7 Å². The minimum absolute atomic E-state index is 0.000921. The van der Waals surface area contributed by atoms with Gasteiger partial charge in [0.1, 0.15) is 17.5 Å². The van der Waals surface area contributed by atoms with Crippen molar-refractivity contribution in [2.75, 3.05) is 13.2 Å². The Labute approximate surface area is 123 Å². The SMILES string of the molecule is Cc1cc(/C=C(\C#N)C(=O)NC[C@@H]2CCCO2)ccc1F. The number of ether oxygens (including phenoxy) is 1. The van der Waals surface area contributed by atoms with Gasteiger partial charge in [0.25, 0.3) is 5.91 Å². The Bertz CT molecular complexity index is 599. The fourth-order valence-electron chi connectivity index (χ4n) is 2.18. The quantitative estimate of drug-likeness (QED) is 0.683. The van der Waals surface area contributed by atoms with Gasteiger partial charge in [-0.1, -0.05) is 6.07 Å². The van der Waals surface area contributed by atoms with E-state index < -0.39 is 5.91 Å². The molecule has 4 nitrogen and oxygen atoms in total. The van der Waals surface area contributed by atoms with Crippen LogP contribution in [0.1, 0.15) is 24.0 Å². The number of aryl methyl sites for hydroxylation is 1. The Kier molecular flexibility index (Phi) is 5.07. The lowest BCUT2D eigenvalue weighted by Crippen LogP contribution is -2.32. The van der Waals surface area contributed by atoms with Gasteiger partial charge >= 0.3 is 0 Å².